The van der Waals surface area contributed by atoms with Crippen molar-refractivity contribution in [2.24, 2.45) is 5.73 Å². The highest BCUT2D eigenvalue weighted by Crippen LogP contribution is 2.20. The van der Waals surface area contributed by atoms with Crippen LogP contribution in [0.1, 0.15) is 19.6 Å². The highest BCUT2D eigenvalue weighted by atomic mass is 32.2. The highest BCUT2D eigenvalue weighted by Gasteiger charge is 2.29. The number of nitrogens with two attached hydrogens (primary N) is 1. The van der Waals surface area contributed by atoms with E-state index in [0.29, 0.717) is 12.4 Å². The summed E-state index contributed by atoms with van der Waals surface area (Å²) in [5.41, 5.74) is 5.40. The summed E-state index contributed by atoms with van der Waals surface area (Å²) < 4.78 is 36.2. The first-order valence-electron chi connectivity index (χ1n) is 5.73. The Labute approximate surface area is 108 Å². The van der Waals surface area contributed by atoms with Gasteiger partial charge in [-0.15, -0.1) is 0 Å². The third kappa shape index (κ3) is 3.32. The number of hydrogen-bond acceptors (Lipinski definition) is 5. The van der Waals surface area contributed by atoms with Gasteiger partial charge in [-0.2, -0.15) is 4.31 Å². The van der Waals surface area contributed by atoms with Crippen LogP contribution in [0.15, 0.2) is 21.6 Å². The molecule has 1 aromatic rings. The van der Waals surface area contributed by atoms with Crippen LogP contribution >= 0.6 is 0 Å². The summed E-state index contributed by atoms with van der Waals surface area (Å²) in [6.45, 7) is 4.41. The van der Waals surface area contributed by atoms with Crippen LogP contribution < -0.4 is 5.73 Å². The van der Waals surface area contributed by atoms with Crippen LogP contribution in [0.3, 0.4) is 0 Å². The molecule has 0 unspecified atom stereocenters. The Kier molecular flexibility index (Phi) is 5.33. The van der Waals surface area contributed by atoms with E-state index in [1.165, 1.54) is 17.5 Å². The normalized spacial score (nSPS) is 12.6. The Balaban J connectivity index is 3.00. The van der Waals surface area contributed by atoms with Gasteiger partial charge in [-0.3, -0.25) is 0 Å². The SMILES string of the molecule is COCCN(C(C)C)S(=O)(=O)c1ccc(CN)o1. The van der Waals surface area contributed by atoms with E-state index in [-0.39, 0.29) is 24.2 Å². The van der Waals surface area contributed by atoms with Crippen LogP contribution in [0.5, 0.6) is 0 Å². The van der Waals surface area contributed by atoms with E-state index < -0.39 is 10.0 Å². The molecule has 0 aliphatic heterocycles. The Hall–Kier alpha value is -0.890. The molecule has 104 valence electrons. The van der Waals surface area contributed by atoms with Crippen molar-refractivity contribution in [2.75, 3.05) is 20.3 Å². The molecule has 0 aliphatic rings. The Bertz CT molecular complexity index is 467. The van der Waals surface area contributed by atoms with Crippen LogP contribution in [0.2, 0.25) is 0 Å². The molecule has 0 aromatic carbocycles. The lowest BCUT2D eigenvalue weighted by Crippen LogP contribution is -2.39. The minimum Gasteiger partial charge on any atom is -0.447 e. The summed E-state index contributed by atoms with van der Waals surface area (Å²) in [6.07, 6.45) is 0. The van der Waals surface area contributed by atoms with Gasteiger partial charge >= 0.3 is 0 Å². The molecule has 18 heavy (non-hydrogen) atoms. The second-order valence-electron chi connectivity index (χ2n) is 4.13. The molecule has 1 aromatic heterocycles. The largest absolute Gasteiger partial charge is 0.447 e. The molecule has 0 fully saturated rings. The first kappa shape index (κ1) is 15.2. The lowest BCUT2D eigenvalue weighted by Gasteiger charge is -2.24. The molecule has 0 atom stereocenters. The molecule has 2 N–H and O–H groups in total. The zero-order valence-electron chi connectivity index (χ0n) is 10.9. The van der Waals surface area contributed by atoms with Crippen molar-refractivity contribution in [2.45, 2.75) is 31.5 Å². The fourth-order valence-corrected chi connectivity index (χ4v) is 3.11. The van der Waals surface area contributed by atoms with E-state index in [0.717, 1.165) is 0 Å². The molecule has 0 saturated heterocycles. The van der Waals surface area contributed by atoms with E-state index in [9.17, 15) is 8.42 Å². The summed E-state index contributed by atoms with van der Waals surface area (Å²) in [4.78, 5) is 0. The predicted molar refractivity (Wildman–Crippen MR) is 67.5 cm³/mol. The molecule has 0 aliphatic carbocycles. The molecule has 0 radical (unpaired) electrons. The third-order valence-corrected chi connectivity index (χ3v) is 4.44. The summed E-state index contributed by atoms with van der Waals surface area (Å²) in [7, 11) is -2.10. The van der Waals surface area contributed by atoms with E-state index in [2.05, 4.69) is 0 Å². The number of ether oxygens (including phenoxy) is 1. The van der Waals surface area contributed by atoms with Crippen LogP contribution in [0.25, 0.3) is 0 Å². The molecule has 0 amide bonds. The average molecular weight is 276 g/mol. The zero-order chi connectivity index (χ0) is 13.8. The maximum absolute atomic E-state index is 12.3. The maximum Gasteiger partial charge on any atom is 0.276 e. The van der Waals surface area contributed by atoms with Crippen molar-refractivity contribution in [3.63, 3.8) is 0 Å². The summed E-state index contributed by atoms with van der Waals surface area (Å²) in [6, 6.07) is 2.83. The number of rotatable bonds is 7. The zero-order valence-corrected chi connectivity index (χ0v) is 11.7. The van der Waals surface area contributed by atoms with Crippen molar-refractivity contribution in [3.8, 4) is 0 Å². The maximum atomic E-state index is 12.3. The van der Waals surface area contributed by atoms with Gasteiger partial charge in [-0.1, -0.05) is 0 Å². The predicted octanol–water partition coefficient (Wildman–Crippen LogP) is 0.784. The first-order valence-corrected chi connectivity index (χ1v) is 7.17. The van der Waals surface area contributed by atoms with Crippen LogP contribution in [0.4, 0.5) is 0 Å². The standard InChI is InChI=1S/C11H20N2O4S/c1-9(2)13(6-7-16-3)18(14,15)11-5-4-10(8-12)17-11/h4-5,9H,6-8,12H2,1-3H3. The number of hydrogen-bond donors (Lipinski definition) is 1. The molecule has 6 nitrogen and oxygen atoms in total. The summed E-state index contributed by atoms with van der Waals surface area (Å²) >= 11 is 0. The van der Waals surface area contributed by atoms with Gasteiger partial charge in [0.2, 0.25) is 5.09 Å². The number of furan rings is 1. The first-order chi connectivity index (χ1) is 8.43. The fourth-order valence-electron chi connectivity index (χ4n) is 1.56. The van der Waals surface area contributed by atoms with E-state index >= 15 is 0 Å². The van der Waals surface area contributed by atoms with Crippen LogP contribution in [-0.4, -0.2) is 39.0 Å². The van der Waals surface area contributed by atoms with E-state index in [1.54, 1.807) is 19.9 Å². The van der Waals surface area contributed by atoms with Crippen molar-refractivity contribution in [1.29, 1.82) is 0 Å². The molecule has 0 spiro atoms. The molecule has 1 rings (SSSR count). The second-order valence-corrected chi connectivity index (χ2v) is 5.95. The number of sulfonamides is 1. The molecular weight excluding hydrogens is 256 g/mol. The molecule has 0 saturated carbocycles. The van der Waals surface area contributed by atoms with Crippen molar-refractivity contribution in [1.82, 2.24) is 4.31 Å². The Morgan fingerprint density at radius 1 is 1.44 bits per heavy atom. The van der Waals surface area contributed by atoms with Crippen molar-refractivity contribution < 1.29 is 17.6 Å². The van der Waals surface area contributed by atoms with Gasteiger partial charge in [0.25, 0.3) is 10.0 Å². The van der Waals surface area contributed by atoms with Gasteiger partial charge in [-0.05, 0) is 26.0 Å². The van der Waals surface area contributed by atoms with Gasteiger partial charge in [0.15, 0.2) is 0 Å². The van der Waals surface area contributed by atoms with Gasteiger partial charge < -0.3 is 14.9 Å². The number of nitrogens with zero attached hydrogens (tertiary/aromatic N) is 1. The third-order valence-electron chi connectivity index (χ3n) is 2.49. The molecule has 0 bridgehead atoms. The van der Waals surface area contributed by atoms with Crippen molar-refractivity contribution >= 4 is 10.0 Å². The smallest absolute Gasteiger partial charge is 0.276 e. The van der Waals surface area contributed by atoms with Gasteiger partial charge in [0.1, 0.15) is 5.76 Å². The van der Waals surface area contributed by atoms with Crippen molar-refractivity contribution in [3.05, 3.63) is 17.9 Å². The minimum absolute atomic E-state index is 0.0762. The fraction of sp³-hybridized carbons (Fsp3) is 0.636. The summed E-state index contributed by atoms with van der Waals surface area (Å²) in [5.74, 6) is 0.448. The van der Waals surface area contributed by atoms with Gasteiger partial charge in [0, 0.05) is 19.7 Å². The average Bonchev–Trinajstić information content (AvgIpc) is 2.77. The van der Waals surface area contributed by atoms with E-state index in [4.69, 9.17) is 14.9 Å². The topological polar surface area (TPSA) is 85.8 Å². The van der Waals surface area contributed by atoms with Crippen LogP contribution in [0, 0.1) is 0 Å². The minimum atomic E-state index is -3.63. The second kappa shape index (κ2) is 6.33. The monoisotopic (exact) mass is 276 g/mol. The molecular formula is C11H20N2O4S. The highest BCUT2D eigenvalue weighted by molar-refractivity contribution is 7.89. The molecule has 7 heteroatoms. The lowest BCUT2D eigenvalue weighted by molar-refractivity contribution is 0.170. The lowest BCUT2D eigenvalue weighted by atomic mass is 10.4. The summed E-state index contributed by atoms with van der Waals surface area (Å²) in [5, 5.41) is -0.0762. The Morgan fingerprint density at radius 3 is 2.56 bits per heavy atom. The number of methoxy groups -OCH3 is 1. The van der Waals surface area contributed by atoms with Gasteiger partial charge in [-0.25, -0.2) is 8.42 Å². The van der Waals surface area contributed by atoms with Crippen LogP contribution in [-0.2, 0) is 21.3 Å². The quantitative estimate of drug-likeness (QED) is 0.795. The van der Waals surface area contributed by atoms with E-state index in [1.807, 2.05) is 0 Å². The Morgan fingerprint density at radius 2 is 2.11 bits per heavy atom. The molecule has 1 heterocycles. The van der Waals surface area contributed by atoms with Gasteiger partial charge in [0.05, 0.1) is 13.2 Å².